The van der Waals surface area contributed by atoms with Gasteiger partial charge in [0.1, 0.15) is 6.61 Å². The van der Waals surface area contributed by atoms with Crippen molar-refractivity contribution in [3.8, 4) is 22.4 Å². The number of ketones is 1. The van der Waals surface area contributed by atoms with Gasteiger partial charge in [-0.1, -0.05) is 54.6 Å². The highest BCUT2D eigenvalue weighted by Gasteiger charge is 2.25. The Morgan fingerprint density at radius 1 is 1.00 bits per heavy atom. The lowest BCUT2D eigenvalue weighted by Crippen LogP contribution is -2.36. The number of piperidine rings is 1. The maximum Gasteiger partial charge on any atom is 0.165 e. The lowest BCUT2D eigenvalue weighted by molar-refractivity contribution is -0.128. The van der Waals surface area contributed by atoms with Crippen molar-refractivity contribution in [2.24, 2.45) is 5.92 Å². The van der Waals surface area contributed by atoms with Gasteiger partial charge in [-0.15, -0.1) is 0 Å². The minimum atomic E-state index is 0.130. The number of pyridine rings is 1. The first-order valence-electron chi connectivity index (χ1n) is 13.7. The lowest BCUT2D eigenvalue weighted by atomic mass is 9.92. The fourth-order valence-corrected chi connectivity index (χ4v) is 5.47. The van der Waals surface area contributed by atoms with Crippen molar-refractivity contribution in [3.63, 3.8) is 0 Å². The summed E-state index contributed by atoms with van der Waals surface area (Å²) in [6.07, 6.45) is 3.69. The molecule has 1 aliphatic heterocycles. The number of aryl methyl sites for hydroxylation is 1. The van der Waals surface area contributed by atoms with Crippen molar-refractivity contribution in [1.29, 1.82) is 0 Å². The summed E-state index contributed by atoms with van der Waals surface area (Å²) < 4.78 is 7.16. The van der Waals surface area contributed by atoms with E-state index in [0.29, 0.717) is 6.61 Å². The zero-order chi connectivity index (χ0) is 26.8. The van der Waals surface area contributed by atoms with Gasteiger partial charge in [-0.3, -0.25) is 9.69 Å². The summed E-state index contributed by atoms with van der Waals surface area (Å²) in [6.45, 7) is 7.48. The number of aromatic nitrogens is 4. The van der Waals surface area contributed by atoms with Crippen LogP contribution < -0.4 is 0 Å². The predicted molar refractivity (Wildman–Crippen MR) is 153 cm³/mol. The second kappa shape index (κ2) is 11.0. The van der Waals surface area contributed by atoms with E-state index in [9.17, 15) is 4.79 Å². The Bertz CT molecular complexity index is 1600. The number of Topliss-reactive ketones (excluding diaryl/α,β-unsaturated/α-hetero) is 1. The molecule has 1 aliphatic rings. The summed E-state index contributed by atoms with van der Waals surface area (Å²) >= 11 is 0. The molecule has 0 atom stereocenters. The molecule has 0 saturated carbocycles. The summed E-state index contributed by atoms with van der Waals surface area (Å²) in [5.74, 6) is 0.377. The number of ether oxygens (including phenoxy) is 1. The van der Waals surface area contributed by atoms with Crippen LogP contribution in [0, 0.1) is 12.8 Å². The molecule has 3 aromatic heterocycles. The quantitative estimate of drug-likeness (QED) is 0.260. The van der Waals surface area contributed by atoms with Gasteiger partial charge in [0.05, 0.1) is 11.4 Å². The molecule has 0 N–H and O–H groups in total. The summed E-state index contributed by atoms with van der Waals surface area (Å²) in [5, 5.41) is 5.60. The van der Waals surface area contributed by atoms with Gasteiger partial charge in [-0.05, 0) is 57.0 Å². The molecular formula is C32H33N5O2. The van der Waals surface area contributed by atoms with Gasteiger partial charge in [-0.25, -0.2) is 9.97 Å². The number of nitrogens with zero attached hydrogens (tertiary/aromatic N) is 5. The Labute approximate surface area is 228 Å². The number of carbonyl (C=O) groups is 1. The van der Waals surface area contributed by atoms with Crippen molar-refractivity contribution in [1.82, 2.24) is 24.5 Å². The first kappa shape index (κ1) is 25.3. The molecule has 4 heterocycles. The number of likely N-dealkylation sites (tertiary alicyclic amines) is 1. The van der Waals surface area contributed by atoms with Crippen LogP contribution in [0.25, 0.3) is 39.1 Å². The first-order chi connectivity index (χ1) is 19.1. The van der Waals surface area contributed by atoms with Crippen LogP contribution in [0.2, 0.25) is 0 Å². The fraction of sp³-hybridized carbons (Fsp3) is 0.312. The van der Waals surface area contributed by atoms with Crippen LogP contribution in [0.5, 0.6) is 0 Å². The van der Waals surface area contributed by atoms with Gasteiger partial charge in [0.15, 0.2) is 17.1 Å². The third-order valence-corrected chi connectivity index (χ3v) is 7.59. The highest BCUT2D eigenvalue weighted by molar-refractivity contribution is 5.90. The number of benzene rings is 2. The molecule has 6 rings (SSSR count). The highest BCUT2D eigenvalue weighted by atomic mass is 16.5. The van der Waals surface area contributed by atoms with Gasteiger partial charge < -0.3 is 4.74 Å². The third-order valence-electron chi connectivity index (χ3n) is 7.59. The van der Waals surface area contributed by atoms with Crippen molar-refractivity contribution >= 4 is 22.5 Å². The smallest absolute Gasteiger partial charge is 0.165 e. The number of hydrogen-bond donors (Lipinski definition) is 0. The number of rotatable bonds is 8. The van der Waals surface area contributed by atoms with Gasteiger partial charge >= 0.3 is 0 Å². The topological polar surface area (TPSA) is 72.6 Å². The molecule has 0 unspecified atom stereocenters. The summed E-state index contributed by atoms with van der Waals surface area (Å²) in [7, 11) is 0. The molecule has 7 heteroatoms. The molecule has 0 spiro atoms. The van der Waals surface area contributed by atoms with Gasteiger partial charge in [-0.2, -0.15) is 9.61 Å². The van der Waals surface area contributed by atoms with Crippen LogP contribution >= 0.6 is 0 Å². The average molecular weight is 520 g/mol. The largest absolute Gasteiger partial charge is 0.374 e. The van der Waals surface area contributed by atoms with Crippen LogP contribution in [-0.4, -0.2) is 56.6 Å². The minimum absolute atomic E-state index is 0.130. The monoisotopic (exact) mass is 519 g/mol. The molecule has 5 aromatic rings. The Hall–Kier alpha value is -3.94. The van der Waals surface area contributed by atoms with E-state index in [1.165, 1.54) is 5.56 Å². The van der Waals surface area contributed by atoms with E-state index >= 15 is 0 Å². The highest BCUT2D eigenvalue weighted by Crippen LogP contribution is 2.34. The molecule has 0 amide bonds. The average Bonchev–Trinajstić information content (AvgIpc) is 3.37. The van der Waals surface area contributed by atoms with Gasteiger partial charge in [0.2, 0.25) is 0 Å². The first-order valence-corrected chi connectivity index (χ1v) is 13.7. The molecule has 7 nitrogen and oxygen atoms in total. The van der Waals surface area contributed by atoms with Gasteiger partial charge in [0.25, 0.3) is 0 Å². The number of hydrogen-bond acceptors (Lipinski definition) is 6. The Morgan fingerprint density at radius 3 is 2.51 bits per heavy atom. The summed E-state index contributed by atoms with van der Waals surface area (Å²) in [4.78, 5) is 24.5. The van der Waals surface area contributed by atoms with E-state index in [-0.39, 0.29) is 18.3 Å². The third kappa shape index (κ3) is 5.33. The molecule has 39 heavy (non-hydrogen) atoms. The van der Waals surface area contributed by atoms with Crippen LogP contribution in [0.15, 0.2) is 72.9 Å². The summed E-state index contributed by atoms with van der Waals surface area (Å²) in [5.41, 5.74) is 7.94. The second-order valence-electron chi connectivity index (χ2n) is 10.3. The van der Waals surface area contributed by atoms with Crippen molar-refractivity contribution < 1.29 is 9.53 Å². The zero-order valence-electron chi connectivity index (χ0n) is 22.5. The zero-order valence-corrected chi connectivity index (χ0v) is 22.5. The van der Waals surface area contributed by atoms with E-state index in [0.717, 1.165) is 77.2 Å². The molecule has 1 saturated heterocycles. The van der Waals surface area contributed by atoms with E-state index < -0.39 is 0 Å². The molecule has 1 fully saturated rings. The van der Waals surface area contributed by atoms with E-state index in [1.807, 2.05) is 36.7 Å². The van der Waals surface area contributed by atoms with Crippen LogP contribution in [0.1, 0.15) is 31.0 Å². The number of carbonyl (C=O) groups excluding carboxylic acids is 1. The van der Waals surface area contributed by atoms with Crippen molar-refractivity contribution in [3.05, 3.63) is 84.2 Å². The molecule has 0 bridgehead atoms. The Kier molecular flexibility index (Phi) is 7.18. The van der Waals surface area contributed by atoms with Gasteiger partial charge in [0, 0.05) is 47.8 Å². The summed E-state index contributed by atoms with van der Waals surface area (Å²) in [6, 6.07) is 23.2. The van der Waals surface area contributed by atoms with Crippen LogP contribution in [0.3, 0.4) is 0 Å². The van der Waals surface area contributed by atoms with Crippen molar-refractivity contribution in [2.45, 2.75) is 33.2 Å². The molecule has 2 aromatic carbocycles. The molecule has 0 aliphatic carbocycles. The standard InChI is InChI=1S/C32H33N5O2/c1-3-39-21-29(38)25-13-15-36(16-14-25)20-23-9-11-26(12-10-23)31-28(24-7-5-4-6-8-24)18-27-19-33-30-17-22(2)35-37(30)32(27)34-31/h4-12,17-19,25H,3,13-16,20-21H2,1-2H3. The Morgan fingerprint density at radius 2 is 1.77 bits per heavy atom. The van der Waals surface area contributed by atoms with Crippen molar-refractivity contribution in [2.75, 3.05) is 26.3 Å². The fourth-order valence-electron chi connectivity index (χ4n) is 5.47. The normalized spacial score (nSPS) is 14.8. The lowest BCUT2D eigenvalue weighted by Gasteiger charge is -2.31. The molecule has 198 valence electrons. The maximum absolute atomic E-state index is 12.3. The Balaban J connectivity index is 1.27. The maximum atomic E-state index is 12.3. The van der Waals surface area contributed by atoms with Crippen LogP contribution in [-0.2, 0) is 16.1 Å². The van der Waals surface area contributed by atoms with Crippen LogP contribution in [0.4, 0.5) is 0 Å². The molecular weight excluding hydrogens is 486 g/mol. The van der Waals surface area contributed by atoms with E-state index in [1.54, 1.807) is 0 Å². The van der Waals surface area contributed by atoms with E-state index in [4.69, 9.17) is 9.72 Å². The minimum Gasteiger partial charge on any atom is -0.374 e. The number of fused-ring (bicyclic) bond motifs is 3. The predicted octanol–water partition coefficient (Wildman–Crippen LogP) is 5.74. The molecule has 0 radical (unpaired) electrons. The SMILES string of the molecule is CCOCC(=O)C1CCN(Cc2ccc(-c3nc4c(cnc5cc(C)nn54)cc3-c3ccccc3)cc2)CC1. The van der Waals surface area contributed by atoms with E-state index in [2.05, 4.69) is 69.6 Å². The second-order valence-corrected chi connectivity index (χ2v) is 10.3.